The Morgan fingerprint density at radius 3 is 2.96 bits per heavy atom. The van der Waals surface area contributed by atoms with Crippen LogP contribution in [0.5, 0.6) is 11.5 Å². The molecule has 1 amide bonds. The molecule has 2 aliphatic heterocycles. The highest BCUT2D eigenvalue weighted by atomic mass is 32.1. The van der Waals surface area contributed by atoms with Gasteiger partial charge in [0.05, 0.1) is 5.51 Å². The van der Waals surface area contributed by atoms with Gasteiger partial charge in [0, 0.05) is 43.2 Å². The van der Waals surface area contributed by atoms with E-state index in [0.29, 0.717) is 37.4 Å². The Balaban J connectivity index is 1.43. The van der Waals surface area contributed by atoms with Crippen LogP contribution in [0.4, 0.5) is 8.78 Å². The number of benzene rings is 1. The van der Waals surface area contributed by atoms with Gasteiger partial charge in [-0.3, -0.25) is 9.69 Å². The van der Waals surface area contributed by atoms with Crippen LogP contribution in [0.3, 0.4) is 0 Å². The number of aromatic nitrogens is 1. The van der Waals surface area contributed by atoms with Gasteiger partial charge < -0.3 is 14.4 Å². The number of para-hydroxylation sites is 1. The normalized spacial score (nSPS) is 21.8. The number of rotatable bonds is 3. The molecular weight excluding hydrogens is 364 g/mol. The number of amides is 1. The lowest BCUT2D eigenvalue weighted by molar-refractivity contribution is -0.287. The molecule has 4 rings (SSSR count). The Morgan fingerprint density at radius 2 is 2.23 bits per heavy atom. The number of hydrogen-bond acceptors (Lipinski definition) is 6. The van der Waals surface area contributed by atoms with Crippen LogP contribution < -0.4 is 9.47 Å². The van der Waals surface area contributed by atoms with Crippen molar-refractivity contribution in [3.05, 3.63) is 40.3 Å². The summed E-state index contributed by atoms with van der Waals surface area (Å²) in [6.45, 7) is 4.25. The molecule has 9 heteroatoms. The predicted molar refractivity (Wildman–Crippen MR) is 90.5 cm³/mol. The molecule has 0 aliphatic carbocycles. The Labute approximate surface area is 152 Å². The minimum Gasteiger partial charge on any atom is -0.395 e. The van der Waals surface area contributed by atoms with E-state index in [0.717, 1.165) is 0 Å². The number of thiazole rings is 1. The SMILES string of the molecule is C[C@H]1CN(Cc2cccc3c2OC(F)(F)O3)CCN1C(=O)c1cscn1. The second kappa shape index (κ2) is 6.48. The summed E-state index contributed by atoms with van der Waals surface area (Å²) >= 11 is 1.39. The van der Waals surface area contributed by atoms with E-state index in [1.165, 1.54) is 17.4 Å². The van der Waals surface area contributed by atoms with Crippen LogP contribution in [-0.4, -0.2) is 52.7 Å². The quantitative estimate of drug-likeness (QED) is 0.818. The van der Waals surface area contributed by atoms with Crippen LogP contribution in [0.1, 0.15) is 23.0 Å². The summed E-state index contributed by atoms with van der Waals surface area (Å²) in [4.78, 5) is 20.5. The van der Waals surface area contributed by atoms with Crippen molar-refractivity contribution >= 4 is 17.2 Å². The Kier molecular flexibility index (Phi) is 4.28. The number of nitrogens with zero attached hydrogens (tertiary/aromatic N) is 3. The minimum absolute atomic E-state index is 0.00619. The third-order valence-corrected chi connectivity index (χ3v) is 5.11. The summed E-state index contributed by atoms with van der Waals surface area (Å²) in [5.74, 6) is 0.0689. The molecule has 3 heterocycles. The molecule has 0 N–H and O–H groups in total. The summed E-state index contributed by atoms with van der Waals surface area (Å²) in [6.07, 6.45) is -3.62. The maximum absolute atomic E-state index is 13.3. The molecule has 138 valence electrons. The van der Waals surface area contributed by atoms with E-state index in [1.807, 2.05) is 6.92 Å². The van der Waals surface area contributed by atoms with Crippen molar-refractivity contribution < 1.29 is 23.0 Å². The van der Waals surface area contributed by atoms with Gasteiger partial charge in [0.15, 0.2) is 11.5 Å². The molecule has 2 aliphatic rings. The average molecular weight is 381 g/mol. The van der Waals surface area contributed by atoms with E-state index in [-0.39, 0.29) is 23.4 Å². The summed E-state index contributed by atoms with van der Waals surface area (Å²) in [5.41, 5.74) is 2.75. The highest BCUT2D eigenvalue weighted by Crippen LogP contribution is 2.43. The fourth-order valence-electron chi connectivity index (χ4n) is 3.33. The maximum Gasteiger partial charge on any atom is 0.586 e. The molecule has 0 saturated carbocycles. The number of hydrogen-bond donors (Lipinski definition) is 0. The largest absolute Gasteiger partial charge is 0.586 e. The lowest BCUT2D eigenvalue weighted by Gasteiger charge is -2.39. The van der Waals surface area contributed by atoms with Gasteiger partial charge in [-0.1, -0.05) is 12.1 Å². The molecule has 0 unspecified atom stereocenters. The van der Waals surface area contributed by atoms with Crippen LogP contribution in [0.25, 0.3) is 0 Å². The molecule has 1 aromatic carbocycles. The first kappa shape index (κ1) is 17.2. The smallest absolute Gasteiger partial charge is 0.395 e. The minimum atomic E-state index is -3.62. The van der Waals surface area contributed by atoms with E-state index >= 15 is 0 Å². The van der Waals surface area contributed by atoms with Crippen molar-refractivity contribution in [3.63, 3.8) is 0 Å². The summed E-state index contributed by atoms with van der Waals surface area (Å²) in [5, 5.41) is 1.74. The number of carbonyl (C=O) groups excluding carboxylic acids is 1. The summed E-state index contributed by atoms with van der Waals surface area (Å²) < 4.78 is 35.8. The molecule has 1 aromatic heterocycles. The number of alkyl halides is 2. The molecule has 1 atom stereocenters. The van der Waals surface area contributed by atoms with E-state index < -0.39 is 6.29 Å². The second-order valence-electron chi connectivity index (χ2n) is 6.37. The van der Waals surface area contributed by atoms with Gasteiger partial charge in [-0.05, 0) is 13.0 Å². The summed E-state index contributed by atoms with van der Waals surface area (Å²) in [6, 6.07) is 4.88. The van der Waals surface area contributed by atoms with Gasteiger partial charge in [0.1, 0.15) is 5.69 Å². The number of ether oxygens (including phenoxy) is 2. The van der Waals surface area contributed by atoms with Gasteiger partial charge in [-0.2, -0.15) is 0 Å². The van der Waals surface area contributed by atoms with Crippen LogP contribution in [0.15, 0.2) is 29.1 Å². The van der Waals surface area contributed by atoms with Gasteiger partial charge >= 0.3 is 6.29 Å². The Morgan fingerprint density at radius 1 is 1.38 bits per heavy atom. The fraction of sp³-hybridized carbons (Fsp3) is 0.412. The van der Waals surface area contributed by atoms with Crippen molar-refractivity contribution in [2.45, 2.75) is 25.8 Å². The van der Waals surface area contributed by atoms with Crippen LogP contribution in [0, 0.1) is 0 Å². The third-order valence-electron chi connectivity index (χ3n) is 4.53. The number of piperazine rings is 1. The molecule has 0 spiro atoms. The van der Waals surface area contributed by atoms with Crippen LogP contribution in [0.2, 0.25) is 0 Å². The van der Waals surface area contributed by atoms with Crippen molar-refractivity contribution in [2.75, 3.05) is 19.6 Å². The van der Waals surface area contributed by atoms with Gasteiger partial charge in [-0.25, -0.2) is 4.98 Å². The molecule has 1 saturated heterocycles. The molecule has 2 aromatic rings. The van der Waals surface area contributed by atoms with Crippen molar-refractivity contribution in [3.8, 4) is 11.5 Å². The topological polar surface area (TPSA) is 54.9 Å². The molecular formula is C17H17F2N3O3S. The van der Waals surface area contributed by atoms with Crippen LogP contribution >= 0.6 is 11.3 Å². The molecule has 0 radical (unpaired) electrons. The zero-order chi connectivity index (χ0) is 18.3. The van der Waals surface area contributed by atoms with Crippen molar-refractivity contribution in [2.24, 2.45) is 0 Å². The number of halogens is 2. The summed E-state index contributed by atoms with van der Waals surface area (Å²) in [7, 11) is 0. The highest BCUT2D eigenvalue weighted by Gasteiger charge is 2.44. The van der Waals surface area contributed by atoms with Gasteiger partial charge in [0.25, 0.3) is 5.91 Å². The Bertz CT molecular complexity index is 816. The molecule has 0 bridgehead atoms. The number of carbonyl (C=O) groups is 1. The predicted octanol–water partition coefficient (Wildman–Crippen LogP) is 2.81. The van der Waals surface area contributed by atoms with Crippen molar-refractivity contribution in [1.82, 2.24) is 14.8 Å². The van der Waals surface area contributed by atoms with Crippen LogP contribution in [-0.2, 0) is 6.54 Å². The monoisotopic (exact) mass is 381 g/mol. The second-order valence-corrected chi connectivity index (χ2v) is 7.09. The zero-order valence-corrected chi connectivity index (χ0v) is 14.8. The molecule has 6 nitrogen and oxygen atoms in total. The average Bonchev–Trinajstić information content (AvgIpc) is 3.21. The Hall–Kier alpha value is -2.26. The standard InChI is InChI=1S/C17H17F2N3O3S/c1-11-7-21(5-6-22(11)16(23)13-9-26-10-20-13)8-12-3-2-4-14-15(12)25-17(18,19)24-14/h2-4,9-11H,5-8H2,1H3/t11-/m0/s1. The molecule has 26 heavy (non-hydrogen) atoms. The van der Waals surface area contributed by atoms with E-state index in [9.17, 15) is 13.6 Å². The lowest BCUT2D eigenvalue weighted by Crippen LogP contribution is -2.53. The number of fused-ring (bicyclic) bond motifs is 1. The van der Waals surface area contributed by atoms with E-state index in [4.69, 9.17) is 0 Å². The maximum atomic E-state index is 13.3. The first-order valence-electron chi connectivity index (χ1n) is 8.22. The first-order chi connectivity index (χ1) is 12.4. The van der Waals surface area contributed by atoms with E-state index in [1.54, 1.807) is 27.9 Å². The molecule has 1 fully saturated rings. The van der Waals surface area contributed by atoms with Crippen molar-refractivity contribution in [1.29, 1.82) is 0 Å². The lowest BCUT2D eigenvalue weighted by atomic mass is 10.1. The van der Waals surface area contributed by atoms with Gasteiger partial charge in [0.2, 0.25) is 0 Å². The fourth-order valence-corrected chi connectivity index (χ4v) is 3.86. The first-order valence-corrected chi connectivity index (χ1v) is 9.16. The highest BCUT2D eigenvalue weighted by molar-refractivity contribution is 7.07. The van der Waals surface area contributed by atoms with Gasteiger partial charge in [-0.15, -0.1) is 20.1 Å². The van der Waals surface area contributed by atoms with E-state index in [2.05, 4.69) is 19.4 Å². The third kappa shape index (κ3) is 3.24. The zero-order valence-electron chi connectivity index (χ0n) is 14.0.